The van der Waals surface area contributed by atoms with E-state index < -0.39 is 11.7 Å². The summed E-state index contributed by atoms with van der Waals surface area (Å²) in [6.45, 7) is 7.73. The zero-order chi connectivity index (χ0) is 23.6. The first kappa shape index (κ1) is 24.1. The van der Waals surface area contributed by atoms with Gasteiger partial charge >= 0.3 is 11.8 Å². The van der Waals surface area contributed by atoms with E-state index in [-0.39, 0.29) is 23.4 Å². The van der Waals surface area contributed by atoms with Crippen molar-refractivity contribution in [2.45, 2.75) is 64.8 Å². The van der Waals surface area contributed by atoms with Gasteiger partial charge in [0.15, 0.2) is 0 Å². The highest BCUT2D eigenvalue weighted by Crippen LogP contribution is 2.33. The quantitative estimate of drug-likeness (QED) is 0.495. The van der Waals surface area contributed by atoms with Crippen molar-refractivity contribution in [1.82, 2.24) is 14.6 Å². The fraction of sp³-hybridized carbons (Fsp3) is 0.619. The summed E-state index contributed by atoms with van der Waals surface area (Å²) >= 11 is 1.27. The fourth-order valence-corrected chi connectivity index (χ4v) is 4.78. The van der Waals surface area contributed by atoms with E-state index >= 15 is 0 Å². The molecule has 0 spiro atoms. The van der Waals surface area contributed by atoms with Crippen molar-refractivity contribution in [3.05, 3.63) is 31.3 Å². The van der Waals surface area contributed by atoms with Crippen molar-refractivity contribution >= 4 is 33.9 Å². The van der Waals surface area contributed by atoms with Gasteiger partial charge in [-0.15, -0.1) is 11.3 Å². The highest BCUT2D eigenvalue weighted by Gasteiger charge is 2.34. The van der Waals surface area contributed by atoms with E-state index in [4.69, 9.17) is 14.2 Å². The minimum absolute atomic E-state index is 0.0552. The topological polar surface area (TPSA) is 113 Å². The maximum absolute atomic E-state index is 13.3. The van der Waals surface area contributed by atoms with Crippen LogP contribution in [0.4, 0.5) is 4.79 Å². The predicted octanol–water partition coefficient (Wildman–Crippen LogP) is 2.39. The number of nitrogens with zero attached hydrogens (tertiary/aromatic N) is 3. The van der Waals surface area contributed by atoms with Crippen molar-refractivity contribution in [3.8, 4) is 0 Å². The normalized spacial score (nSPS) is 18.8. The van der Waals surface area contributed by atoms with Gasteiger partial charge in [0.05, 0.1) is 35.7 Å². The second-order valence-corrected chi connectivity index (χ2v) is 9.76. The summed E-state index contributed by atoms with van der Waals surface area (Å²) in [5, 5.41) is 4.43. The van der Waals surface area contributed by atoms with Gasteiger partial charge in [-0.1, -0.05) is 0 Å². The number of carbonyl (C=O) groups excluding carboxylic acids is 1. The van der Waals surface area contributed by atoms with Gasteiger partial charge in [0.2, 0.25) is 0 Å². The van der Waals surface area contributed by atoms with Gasteiger partial charge in [0.1, 0.15) is 10.4 Å². The van der Waals surface area contributed by atoms with E-state index in [1.54, 1.807) is 39.6 Å². The number of hydrogen-bond acceptors (Lipinski definition) is 8. The Morgan fingerprint density at radius 1 is 1.28 bits per heavy atom. The van der Waals surface area contributed by atoms with E-state index in [9.17, 15) is 14.4 Å². The second-order valence-electron chi connectivity index (χ2n) is 8.73. The molecule has 1 amide bonds. The van der Waals surface area contributed by atoms with Crippen LogP contribution in [-0.2, 0) is 20.8 Å². The minimum atomic E-state index is -0.676. The van der Waals surface area contributed by atoms with Crippen LogP contribution >= 0.6 is 11.3 Å². The molecule has 2 aromatic heterocycles. The molecule has 0 bridgehead atoms. The molecule has 3 rings (SSSR count). The summed E-state index contributed by atoms with van der Waals surface area (Å²) in [5.41, 5.74) is 1.72. The molecule has 1 fully saturated rings. The molecule has 1 N–H and O–H groups in total. The first-order chi connectivity index (χ1) is 15.1. The van der Waals surface area contributed by atoms with Crippen LogP contribution < -0.4 is 16.7 Å². The van der Waals surface area contributed by atoms with Crippen LogP contribution in [0.5, 0.6) is 0 Å². The first-order valence-electron chi connectivity index (χ1n) is 10.4. The Kier molecular flexibility index (Phi) is 7.21. The molecular weight excluding hydrogens is 436 g/mol. The number of methoxy groups -OCH3 is 2. The van der Waals surface area contributed by atoms with Crippen molar-refractivity contribution in [1.29, 1.82) is 0 Å². The molecule has 11 heteroatoms. The summed E-state index contributed by atoms with van der Waals surface area (Å²) in [6, 6.07) is -0.191. The number of aromatic nitrogens is 2. The van der Waals surface area contributed by atoms with E-state index in [0.29, 0.717) is 46.7 Å². The Labute approximate surface area is 189 Å². The van der Waals surface area contributed by atoms with Crippen LogP contribution in [0.1, 0.15) is 50.1 Å². The lowest BCUT2D eigenvalue weighted by atomic mass is 9.89. The third-order valence-electron chi connectivity index (χ3n) is 5.30. The number of aryl methyl sites for hydroxylation is 1. The first-order valence-corrected chi connectivity index (χ1v) is 11.2. The lowest BCUT2D eigenvalue weighted by Gasteiger charge is -2.35. The molecule has 1 aliphatic carbocycles. The Morgan fingerprint density at radius 2 is 1.97 bits per heavy atom. The summed E-state index contributed by atoms with van der Waals surface area (Å²) in [5.74, 6) is 0. The highest BCUT2D eigenvalue weighted by atomic mass is 32.1. The van der Waals surface area contributed by atoms with Crippen molar-refractivity contribution in [3.63, 3.8) is 0 Å². The number of carbonyl (C=O) groups is 1. The molecule has 0 saturated heterocycles. The summed E-state index contributed by atoms with van der Waals surface area (Å²) in [6.07, 6.45) is 2.09. The van der Waals surface area contributed by atoms with Crippen LogP contribution in [0.15, 0.2) is 14.7 Å². The molecule has 2 heterocycles. The summed E-state index contributed by atoms with van der Waals surface area (Å²) in [4.78, 5) is 39.6. The molecule has 2 aromatic rings. The molecule has 0 unspecified atom stereocenters. The average Bonchev–Trinajstić information content (AvgIpc) is 2.98. The fourth-order valence-electron chi connectivity index (χ4n) is 3.59. The van der Waals surface area contributed by atoms with Crippen molar-refractivity contribution in [2.24, 2.45) is 5.10 Å². The second kappa shape index (κ2) is 9.55. The van der Waals surface area contributed by atoms with Gasteiger partial charge < -0.3 is 14.2 Å². The molecule has 1 saturated carbocycles. The Bertz CT molecular complexity index is 1130. The molecule has 1 aliphatic rings. The van der Waals surface area contributed by atoms with Crippen LogP contribution in [-0.4, -0.2) is 54.0 Å². The third kappa shape index (κ3) is 4.94. The van der Waals surface area contributed by atoms with Gasteiger partial charge in [-0.2, -0.15) is 5.10 Å². The monoisotopic (exact) mass is 466 g/mol. The molecular formula is C21H30N4O6S. The maximum atomic E-state index is 13.3. The Hall–Kier alpha value is -2.50. The lowest BCUT2D eigenvalue weighted by molar-refractivity contribution is 0.00357. The molecule has 32 heavy (non-hydrogen) atoms. The number of amides is 1. The largest absolute Gasteiger partial charge is 0.443 e. The lowest BCUT2D eigenvalue weighted by Crippen LogP contribution is -2.47. The van der Waals surface area contributed by atoms with Crippen LogP contribution in [0.25, 0.3) is 10.2 Å². The maximum Gasteiger partial charge on any atom is 0.428 e. The van der Waals surface area contributed by atoms with E-state index in [0.717, 1.165) is 0 Å². The van der Waals surface area contributed by atoms with E-state index in [1.807, 2.05) is 6.92 Å². The Balaban J connectivity index is 2.01. The molecule has 0 atom stereocenters. The summed E-state index contributed by atoms with van der Waals surface area (Å²) < 4.78 is 18.6. The zero-order valence-corrected chi connectivity index (χ0v) is 20.1. The molecule has 0 radical (unpaired) electrons. The zero-order valence-electron chi connectivity index (χ0n) is 19.3. The number of ether oxygens (including phenoxy) is 3. The highest BCUT2D eigenvalue weighted by molar-refractivity contribution is 7.20. The smallest absolute Gasteiger partial charge is 0.428 e. The number of hydrogen-bond donors (Lipinski definition) is 1. The standard InChI is InChI=1S/C21H30N4O6S/c1-12-15(11-22-23-19(27)31-21(2,3)4)32-18-16(12)17(26)25(13-9-14(10-13)30-6)20(28)24(18)7-8-29-5/h11,13-14H,7-10H2,1-6H3,(H,23,27). The Morgan fingerprint density at radius 3 is 2.56 bits per heavy atom. The number of fused-ring (bicyclic) bond motifs is 1. The van der Waals surface area contributed by atoms with Gasteiger partial charge in [-0.05, 0) is 46.1 Å². The van der Waals surface area contributed by atoms with Gasteiger partial charge in [0, 0.05) is 20.3 Å². The van der Waals surface area contributed by atoms with Gasteiger partial charge in [-0.3, -0.25) is 13.9 Å². The SMILES string of the molecule is COCCn1c(=O)n(C2CC(OC)C2)c(=O)c2c(C)c(C=NNC(=O)OC(C)(C)C)sc21. The third-order valence-corrected chi connectivity index (χ3v) is 6.55. The minimum Gasteiger partial charge on any atom is -0.443 e. The molecule has 0 aromatic carbocycles. The van der Waals surface area contributed by atoms with Crippen LogP contribution in [0.2, 0.25) is 0 Å². The summed E-state index contributed by atoms with van der Waals surface area (Å²) in [7, 11) is 3.19. The van der Waals surface area contributed by atoms with E-state index in [2.05, 4.69) is 10.5 Å². The number of nitrogens with one attached hydrogen (secondary N) is 1. The number of rotatable bonds is 7. The average molecular weight is 467 g/mol. The predicted molar refractivity (Wildman–Crippen MR) is 123 cm³/mol. The van der Waals surface area contributed by atoms with Crippen LogP contribution in [0.3, 0.4) is 0 Å². The van der Waals surface area contributed by atoms with Crippen molar-refractivity contribution in [2.75, 3.05) is 20.8 Å². The van der Waals surface area contributed by atoms with Gasteiger partial charge in [0.25, 0.3) is 5.56 Å². The van der Waals surface area contributed by atoms with E-state index in [1.165, 1.54) is 22.1 Å². The van der Waals surface area contributed by atoms with Crippen LogP contribution in [0, 0.1) is 6.92 Å². The molecule has 10 nitrogen and oxygen atoms in total. The van der Waals surface area contributed by atoms with Crippen molar-refractivity contribution < 1.29 is 19.0 Å². The number of thiophene rings is 1. The number of hydrazone groups is 1. The molecule has 176 valence electrons. The molecule has 0 aliphatic heterocycles. The van der Waals surface area contributed by atoms with Gasteiger partial charge in [-0.25, -0.2) is 15.0 Å².